The molecule has 0 saturated carbocycles. The van der Waals surface area contributed by atoms with Crippen molar-refractivity contribution < 1.29 is 13.3 Å². The highest BCUT2D eigenvalue weighted by atomic mass is 28.4. The van der Waals surface area contributed by atoms with E-state index in [2.05, 4.69) is 11.8 Å². The summed E-state index contributed by atoms with van der Waals surface area (Å²) in [4.78, 5) is 2.12. The molecule has 0 fully saturated rings. The van der Waals surface area contributed by atoms with E-state index in [1.165, 1.54) is 0 Å². The Morgan fingerprint density at radius 2 is 1.46 bits per heavy atom. The van der Waals surface area contributed by atoms with E-state index in [9.17, 15) is 0 Å². The Kier molecular flexibility index (Phi) is 5.74. The first-order valence-corrected chi connectivity index (χ1v) is 6.26. The van der Waals surface area contributed by atoms with Crippen molar-refractivity contribution in [1.82, 2.24) is 4.90 Å². The van der Waals surface area contributed by atoms with Crippen LogP contribution in [0.4, 0.5) is 0 Å². The summed E-state index contributed by atoms with van der Waals surface area (Å²) >= 11 is 0. The number of hydrogen-bond acceptors (Lipinski definition) is 4. The normalized spacial score (nSPS) is 15.0. The standard InChI is InChI=1S/C8H21NO3Si/c1-8(9(2)3)7-13(10-4,11-5)12-6/h8H,7H2,1-6H3. The summed E-state index contributed by atoms with van der Waals surface area (Å²) in [6.45, 7) is 2.12. The third-order valence-electron chi connectivity index (χ3n) is 2.36. The number of hydrogen-bond donors (Lipinski definition) is 0. The van der Waals surface area contributed by atoms with Crippen molar-refractivity contribution in [2.24, 2.45) is 0 Å². The van der Waals surface area contributed by atoms with Crippen LogP contribution in [0.25, 0.3) is 0 Å². The maximum absolute atomic E-state index is 5.32. The molecule has 0 bridgehead atoms. The largest absolute Gasteiger partial charge is 0.501 e. The SMILES string of the molecule is CO[Si](CC(C)N(C)C)(OC)OC. The topological polar surface area (TPSA) is 30.9 Å². The van der Waals surface area contributed by atoms with Crippen molar-refractivity contribution >= 4 is 8.80 Å². The highest BCUT2D eigenvalue weighted by molar-refractivity contribution is 6.60. The van der Waals surface area contributed by atoms with Crippen LogP contribution in [0.5, 0.6) is 0 Å². The lowest BCUT2D eigenvalue weighted by molar-refractivity contribution is 0.115. The average molecular weight is 207 g/mol. The van der Waals surface area contributed by atoms with Crippen molar-refractivity contribution in [3.8, 4) is 0 Å². The molecule has 0 aliphatic heterocycles. The minimum Gasteiger partial charge on any atom is -0.377 e. The number of rotatable bonds is 6. The van der Waals surface area contributed by atoms with Gasteiger partial charge in [0.1, 0.15) is 0 Å². The summed E-state index contributed by atoms with van der Waals surface area (Å²) in [7, 11) is 6.60. The molecular weight excluding hydrogens is 186 g/mol. The van der Waals surface area contributed by atoms with E-state index in [0.717, 1.165) is 6.04 Å². The maximum Gasteiger partial charge on any atom is 0.501 e. The molecule has 1 unspecified atom stereocenters. The maximum atomic E-state index is 5.32. The third kappa shape index (κ3) is 3.74. The molecule has 0 heterocycles. The molecular formula is C8H21NO3Si. The summed E-state index contributed by atoms with van der Waals surface area (Å²) in [5.41, 5.74) is 0. The molecule has 0 radical (unpaired) electrons. The molecule has 13 heavy (non-hydrogen) atoms. The first-order valence-electron chi connectivity index (χ1n) is 4.33. The van der Waals surface area contributed by atoms with Crippen LogP contribution in [0.3, 0.4) is 0 Å². The van der Waals surface area contributed by atoms with Crippen LogP contribution < -0.4 is 0 Å². The van der Waals surface area contributed by atoms with Gasteiger partial charge in [-0.15, -0.1) is 0 Å². The van der Waals surface area contributed by atoms with E-state index < -0.39 is 8.80 Å². The van der Waals surface area contributed by atoms with Crippen molar-refractivity contribution in [3.05, 3.63) is 0 Å². The predicted octanol–water partition coefficient (Wildman–Crippen LogP) is 0.815. The number of nitrogens with zero attached hydrogens (tertiary/aromatic N) is 1. The minimum absolute atomic E-state index is 0.395. The second-order valence-corrected chi connectivity index (χ2v) is 6.31. The molecule has 0 aromatic heterocycles. The monoisotopic (exact) mass is 207 g/mol. The van der Waals surface area contributed by atoms with Gasteiger partial charge in [0, 0.05) is 33.4 Å². The molecule has 0 rings (SSSR count). The van der Waals surface area contributed by atoms with Gasteiger partial charge in [0.05, 0.1) is 0 Å². The van der Waals surface area contributed by atoms with Crippen molar-refractivity contribution in [1.29, 1.82) is 0 Å². The van der Waals surface area contributed by atoms with Gasteiger partial charge >= 0.3 is 8.80 Å². The lowest BCUT2D eigenvalue weighted by Crippen LogP contribution is -2.47. The lowest BCUT2D eigenvalue weighted by atomic mass is 10.4. The van der Waals surface area contributed by atoms with E-state index in [0.29, 0.717) is 6.04 Å². The zero-order valence-electron chi connectivity index (χ0n) is 9.46. The first-order chi connectivity index (χ1) is 6.01. The fraction of sp³-hybridized carbons (Fsp3) is 1.00. The molecule has 0 N–H and O–H groups in total. The Balaban J connectivity index is 4.24. The Morgan fingerprint density at radius 1 is 1.08 bits per heavy atom. The molecule has 1 atom stereocenters. The summed E-state index contributed by atoms with van der Waals surface area (Å²) in [6.07, 6.45) is 0. The zero-order valence-corrected chi connectivity index (χ0v) is 10.5. The van der Waals surface area contributed by atoms with E-state index >= 15 is 0 Å². The van der Waals surface area contributed by atoms with Gasteiger partial charge in [-0.3, -0.25) is 0 Å². The molecule has 0 aromatic carbocycles. The Labute approximate surface area is 82.1 Å². The highest BCUT2D eigenvalue weighted by Gasteiger charge is 2.39. The van der Waals surface area contributed by atoms with E-state index in [1.807, 2.05) is 14.1 Å². The first kappa shape index (κ1) is 13.1. The molecule has 0 aliphatic rings. The van der Waals surface area contributed by atoms with E-state index in [1.54, 1.807) is 21.3 Å². The van der Waals surface area contributed by atoms with Gasteiger partial charge < -0.3 is 18.2 Å². The molecule has 0 saturated heterocycles. The Hall–Kier alpha value is 0.0569. The highest BCUT2D eigenvalue weighted by Crippen LogP contribution is 2.16. The summed E-state index contributed by atoms with van der Waals surface area (Å²) in [5, 5.41) is 0. The quantitative estimate of drug-likeness (QED) is 0.603. The van der Waals surface area contributed by atoms with Crippen LogP contribution in [0, 0.1) is 0 Å². The van der Waals surface area contributed by atoms with Crippen LogP contribution in [0.15, 0.2) is 0 Å². The Bertz CT molecular complexity index is 131. The molecule has 0 aliphatic carbocycles. The van der Waals surface area contributed by atoms with Crippen LogP contribution in [-0.4, -0.2) is 55.2 Å². The van der Waals surface area contributed by atoms with Gasteiger partial charge in [-0.1, -0.05) is 0 Å². The Morgan fingerprint density at radius 3 is 1.69 bits per heavy atom. The second kappa shape index (κ2) is 5.72. The van der Waals surface area contributed by atoms with Gasteiger partial charge in [-0.25, -0.2) is 0 Å². The molecule has 0 spiro atoms. The van der Waals surface area contributed by atoms with Crippen molar-refractivity contribution in [2.45, 2.75) is 19.0 Å². The molecule has 5 heteroatoms. The van der Waals surface area contributed by atoms with Crippen molar-refractivity contribution in [2.75, 3.05) is 35.4 Å². The predicted molar refractivity (Wildman–Crippen MR) is 54.7 cm³/mol. The minimum atomic E-state index is -2.38. The third-order valence-corrected chi connectivity index (χ3v) is 5.32. The van der Waals surface area contributed by atoms with Crippen LogP contribution in [0.2, 0.25) is 6.04 Å². The van der Waals surface area contributed by atoms with Crippen LogP contribution in [-0.2, 0) is 13.3 Å². The lowest BCUT2D eigenvalue weighted by Gasteiger charge is -2.29. The molecule has 4 nitrogen and oxygen atoms in total. The fourth-order valence-corrected chi connectivity index (χ4v) is 3.13. The van der Waals surface area contributed by atoms with E-state index in [-0.39, 0.29) is 0 Å². The van der Waals surface area contributed by atoms with Gasteiger partial charge in [0.25, 0.3) is 0 Å². The molecule has 0 aromatic rings. The molecule has 0 amide bonds. The van der Waals surface area contributed by atoms with Crippen LogP contribution >= 0.6 is 0 Å². The van der Waals surface area contributed by atoms with Crippen LogP contribution in [0.1, 0.15) is 6.92 Å². The summed E-state index contributed by atoms with van der Waals surface area (Å²) in [5.74, 6) is 0. The van der Waals surface area contributed by atoms with Gasteiger partial charge in [-0.2, -0.15) is 0 Å². The summed E-state index contributed by atoms with van der Waals surface area (Å²) < 4.78 is 16.0. The average Bonchev–Trinajstić information content (AvgIpc) is 2.14. The smallest absolute Gasteiger partial charge is 0.377 e. The summed E-state index contributed by atoms with van der Waals surface area (Å²) in [6, 6.07) is 1.20. The van der Waals surface area contributed by atoms with Gasteiger partial charge in [-0.05, 0) is 21.0 Å². The van der Waals surface area contributed by atoms with E-state index in [4.69, 9.17) is 13.3 Å². The van der Waals surface area contributed by atoms with Gasteiger partial charge in [0.2, 0.25) is 0 Å². The van der Waals surface area contributed by atoms with Crippen molar-refractivity contribution in [3.63, 3.8) is 0 Å². The zero-order chi connectivity index (χ0) is 10.5. The fourth-order valence-electron chi connectivity index (χ4n) is 1.04. The molecule has 80 valence electrons. The second-order valence-electron chi connectivity index (χ2n) is 3.31. The van der Waals surface area contributed by atoms with Gasteiger partial charge in [0.15, 0.2) is 0 Å².